The molecule has 4 N–H and O–H groups in total. The van der Waals surface area contributed by atoms with E-state index < -0.39 is 23.8 Å². The first kappa shape index (κ1) is 11.8. The minimum Gasteiger partial charge on any atom is -0.508 e. The number of nitrogens with one attached hydrogen (secondary N) is 1. The third-order valence-electron chi connectivity index (χ3n) is 2.41. The molecule has 0 unspecified atom stereocenters. The van der Waals surface area contributed by atoms with Gasteiger partial charge >= 0.3 is 5.97 Å². The van der Waals surface area contributed by atoms with Gasteiger partial charge in [0.2, 0.25) is 5.88 Å². The van der Waals surface area contributed by atoms with E-state index >= 15 is 0 Å². The van der Waals surface area contributed by atoms with E-state index in [9.17, 15) is 14.7 Å². The summed E-state index contributed by atoms with van der Waals surface area (Å²) in [6.45, 7) is 0. The molecule has 7 nitrogen and oxygen atoms in total. The highest BCUT2D eigenvalue weighted by Gasteiger charge is 2.17. The Morgan fingerprint density at radius 2 is 1.83 bits per heavy atom. The monoisotopic (exact) mass is 250 g/mol. The maximum Gasteiger partial charge on any atom is 0.308 e. The standard InChI is InChI=1S/C11H10N2O5/c14-7-3-1-6(2-4-7)13-11(18)8(5-9(15)16)10(17)12-13/h1-4,14,18H,5H2,(H,12,17)(H,15,16). The summed E-state index contributed by atoms with van der Waals surface area (Å²) in [6, 6.07) is 5.69. The van der Waals surface area contributed by atoms with Crippen LogP contribution in [0, 0.1) is 0 Å². The van der Waals surface area contributed by atoms with Gasteiger partial charge in [0.05, 0.1) is 17.7 Å². The minimum absolute atomic E-state index is 0.0403. The number of hydrogen-bond acceptors (Lipinski definition) is 4. The maximum absolute atomic E-state index is 11.5. The number of rotatable bonds is 3. The van der Waals surface area contributed by atoms with E-state index in [2.05, 4.69) is 5.10 Å². The molecule has 0 fully saturated rings. The first-order chi connectivity index (χ1) is 8.49. The lowest BCUT2D eigenvalue weighted by atomic mass is 10.2. The van der Waals surface area contributed by atoms with Crippen LogP contribution >= 0.6 is 0 Å². The van der Waals surface area contributed by atoms with Crippen molar-refractivity contribution in [3.8, 4) is 17.3 Å². The number of benzene rings is 1. The van der Waals surface area contributed by atoms with E-state index in [1.165, 1.54) is 24.3 Å². The topological polar surface area (TPSA) is 116 Å². The van der Waals surface area contributed by atoms with Crippen LogP contribution in [-0.2, 0) is 11.2 Å². The molecule has 0 aliphatic heterocycles. The number of phenols is 1. The van der Waals surface area contributed by atoms with E-state index in [4.69, 9.17) is 10.2 Å². The quantitative estimate of drug-likeness (QED) is 0.621. The van der Waals surface area contributed by atoms with E-state index in [0.717, 1.165) is 4.68 Å². The third-order valence-corrected chi connectivity index (χ3v) is 2.41. The molecular weight excluding hydrogens is 240 g/mol. The van der Waals surface area contributed by atoms with Gasteiger partial charge in [0, 0.05) is 0 Å². The number of carboxylic acid groups (broad SMARTS) is 1. The van der Waals surface area contributed by atoms with Crippen LogP contribution in [0.5, 0.6) is 11.6 Å². The smallest absolute Gasteiger partial charge is 0.308 e. The fourth-order valence-corrected chi connectivity index (χ4v) is 1.56. The number of aromatic hydroxyl groups is 2. The molecule has 7 heteroatoms. The normalized spacial score (nSPS) is 10.4. The van der Waals surface area contributed by atoms with Crippen molar-refractivity contribution >= 4 is 5.97 Å². The first-order valence-electron chi connectivity index (χ1n) is 5.03. The molecule has 94 valence electrons. The Balaban J connectivity index is 2.50. The van der Waals surface area contributed by atoms with Gasteiger partial charge in [-0.15, -0.1) is 0 Å². The highest BCUT2D eigenvalue weighted by Crippen LogP contribution is 2.20. The summed E-state index contributed by atoms with van der Waals surface area (Å²) in [5.74, 6) is -1.62. The molecular formula is C11H10N2O5. The zero-order chi connectivity index (χ0) is 13.3. The molecule has 1 heterocycles. The maximum atomic E-state index is 11.5. The Kier molecular flexibility index (Phi) is 2.80. The lowest BCUT2D eigenvalue weighted by molar-refractivity contribution is -0.136. The van der Waals surface area contributed by atoms with Crippen molar-refractivity contribution < 1.29 is 20.1 Å². The van der Waals surface area contributed by atoms with Crippen molar-refractivity contribution in [2.24, 2.45) is 0 Å². The second kappa shape index (κ2) is 4.28. The van der Waals surface area contributed by atoms with Crippen LogP contribution in [0.25, 0.3) is 5.69 Å². The molecule has 18 heavy (non-hydrogen) atoms. The largest absolute Gasteiger partial charge is 0.508 e. The van der Waals surface area contributed by atoms with Gasteiger partial charge < -0.3 is 15.3 Å². The minimum atomic E-state index is -1.21. The fourth-order valence-electron chi connectivity index (χ4n) is 1.56. The van der Waals surface area contributed by atoms with E-state index in [0.29, 0.717) is 5.69 Å². The Labute approximate surface area is 101 Å². The Bertz CT molecular complexity index is 638. The van der Waals surface area contributed by atoms with Gasteiger partial charge in [-0.05, 0) is 24.3 Å². The van der Waals surface area contributed by atoms with Gasteiger partial charge in [0.1, 0.15) is 5.75 Å². The lowest BCUT2D eigenvalue weighted by Crippen LogP contribution is -2.11. The number of H-pyrrole nitrogens is 1. The first-order valence-corrected chi connectivity index (χ1v) is 5.03. The van der Waals surface area contributed by atoms with E-state index in [-0.39, 0.29) is 11.3 Å². The van der Waals surface area contributed by atoms with Crippen LogP contribution < -0.4 is 5.56 Å². The number of aromatic amines is 1. The average Bonchev–Trinajstić information content (AvgIpc) is 2.58. The van der Waals surface area contributed by atoms with Crippen molar-refractivity contribution in [3.63, 3.8) is 0 Å². The molecule has 1 aromatic heterocycles. The Morgan fingerprint density at radius 1 is 1.22 bits per heavy atom. The second-order valence-corrected chi connectivity index (χ2v) is 3.67. The fraction of sp³-hybridized carbons (Fsp3) is 0.0909. The zero-order valence-corrected chi connectivity index (χ0v) is 9.12. The molecule has 0 saturated carbocycles. The second-order valence-electron chi connectivity index (χ2n) is 3.67. The third kappa shape index (κ3) is 2.05. The summed E-state index contributed by atoms with van der Waals surface area (Å²) in [5, 5.41) is 29.9. The molecule has 0 spiro atoms. The predicted octanol–water partition coefficient (Wildman–Crippen LogP) is 0.204. The number of nitrogens with zero attached hydrogens (tertiary/aromatic N) is 1. The van der Waals surface area contributed by atoms with E-state index in [1.54, 1.807) is 0 Å². The molecule has 0 atom stereocenters. The zero-order valence-electron chi connectivity index (χ0n) is 9.12. The SMILES string of the molecule is O=C(O)Cc1c(O)n(-c2ccc(O)cc2)[nH]c1=O. The van der Waals surface area contributed by atoms with Crippen LogP contribution in [0.15, 0.2) is 29.1 Å². The van der Waals surface area contributed by atoms with Gasteiger partial charge in [0.15, 0.2) is 0 Å². The van der Waals surface area contributed by atoms with Gasteiger partial charge in [-0.1, -0.05) is 0 Å². The Morgan fingerprint density at radius 3 is 2.39 bits per heavy atom. The van der Waals surface area contributed by atoms with Crippen molar-refractivity contribution in [1.82, 2.24) is 9.78 Å². The van der Waals surface area contributed by atoms with Crippen molar-refractivity contribution in [1.29, 1.82) is 0 Å². The van der Waals surface area contributed by atoms with Crippen LogP contribution in [0.3, 0.4) is 0 Å². The number of aromatic nitrogens is 2. The summed E-state index contributed by atoms with van der Waals surface area (Å²) in [7, 11) is 0. The predicted molar refractivity (Wildman–Crippen MR) is 61.1 cm³/mol. The molecule has 2 aromatic rings. The summed E-state index contributed by atoms with van der Waals surface area (Å²) >= 11 is 0. The van der Waals surface area contributed by atoms with Gasteiger partial charge in [-0.3, -0.25) is 14.7 Å². The van der Waals surface area contributed by atoms with Crippen LogP contribution in [-0.4, -0.2) is 31.1 Å². The molecule has 2 rings (SSSR count). The number of carbonyl (C=O) groups is 1. The highest BCUT2D eigenvalue weighted by molar-refractivity contribution is 5.71. The van der Waals surface area contributed by atoms with E-state index in [1.807, 2.05) is 0 Å². The summed E-state index contributed by atoms with van der Waals surface area (Å²) in [6.07, 6.45) is -0.563. The molecule has 0 aliphatic carbocycles. The van der Waals surface area contributed by atoms with Crippen molar-refractivity contribution in [2.45, 2.75) is 6.42 Å². The highest BCUT2D eigenvalue weighted by atomic mass is 16.4. The van der Waals surface area contributed by atoms with Crippen LogP contribution in [0.4, 0.5) is 0 Å². The number of carboxylic acids is 1. The van der Waals surface area contributed by atoms with Crippen molar-refractivity contribution in [3.05, 3.63) is 40.2 Å². The average molecular weight is 250 g/mol. The summed E-state index contributed by atoms with van der Waals surface area (Å²) < 4.78 is 1.06. The molecule has 0 radical (unpaired) electrons. The van der Waals surface area contributed by atoms with Gasteiger partial charge in [-0.2, -0.15) is 0 Å². The van der Waals surface area contributed by atoms with Crippen LogP contribution in [0.1, 0.15) is 5.56 Å². The number of aliphatic carboxylic acids is 1. The number of hydrogen-bond donors (Lipinski definition) is 4. The molecule has 0 bridgehead atoms. The molecule has 1 aromatic carbocycles. The van der Waals surface area contributed by atoms with Gasteiger partial charge in [0.25, 0.3) is 5.56 Å². The number of phenolic OH excluding ortho intramolecular Hbond substituents is 1. The summed E-state index contributed by atoms with van der Waals surface area (Å²) in [4.78, 5) is 22.0. The lowest BCUT2D eigenvalue weighted by Gasteiger charge is -2.04. The molecule has 0 amide bonds. The molecule has 0 saturated heterocycles. The van der Waals surface area contributed by atoms with Crippen molar-refractivity contribution in [2.75, 3.05) is 0 Å². The van der Waals surface area contributed by atoms with Crippen LogP contribution in [0.2, 0.25) is 0 Å². The Hall–Kier alpha value is -2.70. The van der Waals surface area contributed by atoms with Gasteiger partial charge in [-0.25, -0.2) is 4.68 Å². The summed E-state index contributed by atoms with van der Waals surface area (Å²) in [5.41, 5.74) is -0.474. The molecule has 0 aliphatic rings.